The molecule has 0 aromatic heterocycles. The van der Waals surface area contributed by atoms with E-state index in [4.69, 9.17) is 9.47 Å². The first-order valence-electron chi connectivity index (χ1n) is 10.2. The minimum absolute atomic E-state index is 0.135. The molecule has 5 nitrogen and oxygen atoms in total. The van der Waals surface area contributed by atoms with Crippen LogP contribution in [-0.2, 0) is 19.1 Å². The predicted octanol–water partition coefficient (Wildman–Crippen LogP) is 5.28. The fourth-order valence-corrected chi connectivity index (χ4v) is 3.22. The van der Waals surface area contributed by atoms with Gasteiger partial charge in [0, 0.05) is 17.4 Å². The second kappa shape index (κ2) is 14.2. The average molecular weight is 542 g/mol. The van der Waals surface area contributed by atoms with E-state index in [9.17, 15) is 14.0 Å². The van der Waals surface area contributed by atoms with Gasteiger partial charge < -0.3 is 14.0 Å². The van der Waals surface area contributed by atoms with Gasteiger partial charge in [-0.05, 0) is 47.5 Å². The molecule has 0 bridgehead atoms. The Kier molecular flexibility index (Phi) is 12.4. The maximum Gasteiger partial charge on any atom is 0.339 e. The molecule has 0 saturated carbocycles. The van der Waals surface area contributed by atoms with Crippen molar-refractivity contribution < 1.29 is 27.9 Å². The number of quaternary nitrogens is 1. The van der Waals surface area contributed by atoms with Crippen molar-refractivity contribution >= 4 is 50.8 Å². The highest BCUT2D eigenvalue weighted by atomic mass is 79.9. The molecule has 0 amide bonds. The third-order valence-electron chi connectivity index (χ3n) is 4.47. The number of alkyl halides is 1. The van der Waals surface area contributed by atoms with Gasteiger partial charge in [0.15, 0.2) is 0 Å². The van der Waals surface area contributed by atoms with Crippen LogP contribution in [0.2, 0.25) is 0 Å². The molecule has 0 aliphatic carbocycles. The molecule has 0 fully saturated rings. The van der Waals surface area contributed by atoms with Gasteiger partial charge in [0.1, 0.15) is 25.6 Å². The summed E-state index contributed by atoms with van der Waals surface area (Å²) in [4.78, 5) is 25.7. The van der Waals surface area contributed by atoms with Crippen LogP contribution in [0.3, 0.4) is 0 Å². The van der Waals surface area contributed by atoms with Crippen molar-refractivity contribution in [1.82, 2.24) is 0 Å². The number of ether oxygens (including phenoxy) is 2. The van der Waals surface area contributed by atoms with Crippen LogP contribution in [0.5, 0.6) is 0 Å². The Morgan fingerprint density at radius 2 is 1.64 bits per heavy atom. The number of carbonyl (C=O) groups excluding carboxylic acids is 2. The van der Waals surface area contributed by atoms with E-state index in [2.05, 4.69) is 15.9 Å². The lowest BCUT2D eigenvalue weighted by atomic mass is 9.95. The number of likely N-dealkylation sites (N-methyl/N-ethyl adjacent to an activating group) is 1. The number of nitrogens with zero attached hydrogens (tertiary/aromatic N) is 1. The summed E-state index contributed by atoms with van der Waals surface area (Å²) in [6.07, 6.45) is 1.97. The maximum atomic E-state index is 14.0. The summed E-state index contributed by atoms with van der Waals surface area (Å²) in [6.45, 7) is 1.98. The molecule has 2 aromatic carbocycles. The summed E-state index contributed by atoms with van der Waals surface area (Å²) in [5, 5.41) is 0. The van der Waals surface area contributed by atoms with Crippen molar-refractivity contribution in [3.63, 3.8) is 0 Å². The molecular formula is C25H32BrFNO4S+. The van der Waals surface area contributed by atoms with Gasteiger partial charge in [-0.3, -0.25) is 4.79 Å². The Labute approximate surface area is 208 Å². The van der Waals surface area contributed by atoms with Crippen LogP contribution >= 0.6 is 27.7 Å². The van der Waals surface area contributed by atoms with Crippen molar-refractivity contribution in [2.45, 2.75) is 11.8 Å². The van der Waals surface area contributed by atoms with Gasteiger partial charge in [0.25, 0.3) is 0 Å². The predicted molar refractivity (Wildman–Crippen MR) is 137 cm³/mol. The third kappa shape index (κ3) is 10.1. The number of halogens is 2. The van der Waals surface area contributed by atoms with E-state index < -0.39 is 17.8 Å². The summed E-state index contributed by atoms with van der Waals surface area (Å²) in [6, 6.07) is 13.3. The molecule has 0 aliphatic heterocycles. The standard InChI is InChI=1S/C24H29FNO4S.CH3Br/c1-17(27)30-16-22(18-9-11-21(31-5)12-10-18)23(19-7-6-8-20(25)15-19)24(28)29-14-13-26(2,3)4;1-2/h6-12,15H,13-14,16H2,1-5H3;1H3/q+1;/b23-22+;. The van der Waals surface area contributed by atoms with Gasteiger partial charge in [-0.25, -0.2) is 9.18 Å². The SMILES string of the molecule is CBr.CSc1ccc(/C(COC(C)=O)=C(/C(=O)OCC[N+](C)(C)C)c2cccc(F)c2)cc1. The van der Waals surface area contributed by atoms with Gasteiger partial charge in [0.2, 0.25) is 0 Å². The minimum atomic E-state index is -0.588. The zero-order chi connectivity index (χ0) is 25.0. The summed E-state index contributed by atoms with van der Waals surface area (Å²) < 4.78 is 25.4. The molecule has 0 saturated heterocycles. The molecule has 0 radical (unpaired) electrons. The molecule has 0 atom stereocenters. The lowest BCUT2D eigenvalue weighted by Crippen LogP contribution is -2.38. The quantitative estimate of drug-likeness (QED) is 0.108. The smallest absolute Gasteiger partial charge is 0.339 e. The van der Waals surface area contributed by atoms with Crippen LogP contribution in [0, 0.1) is 5.82 Å². The lowest BCUT2D eigenvalue weighted by Gasteiger charge is -2.23. The van der Waals surface area contributed by atoms with E-state index in [-0.39, 0.29) is 18.8 Å². The molecular weight excluding hydrogens is 509 g/mol. The number of hydrogen-bond acceptors (Lipinski definition) is 5. The third-order valence-corrected chi connectivity index (χ3v) is 5.22. The number of carbonyl (C=O) groups is 2. The van der Waals surface area contributed by atoms with E-state index in [1.54, 1.807) is 17.8 Å². The molecule has 180 valence electrons. The fourth-order valence-electron chi connectivity index (χ4n) is 2.81. The lowest BCUT2D eigenvalue weighted by molar-refractivity contribution is -0.870. The number of hydrogen-bond donors (Lipinski definition) is 0. The monoisotopic (exact) mass is 540 g/mol. The van der Waals surface area contributed by atoms with Gasteiger partial charge in [-0.2, -0.15) is 0 Å². The molecule has 0 N–H and O–H groups in total. The highest BCUT2D eigenvalue weighted by Gasteiger charge is 2.23. The number of thioether (sulfide) groups is 1. The summed E-state index contributed by atoms with van der Waals surface area (Å²) in [7, 11) is 5.99. The normalized spacial score (nSPS) is 11.6. The van der Waals surface area contributed by atoms with Gasteiger partial charge in [-0.1, -0.05) is 40.2 Å². The van der Waals surface area contributed by atoms with E-state index in [1.807, 2.05) is 57.5 Å². The number of esters is 2. The van der Waals surface area contributed by atoms with Crippen LogP contribution < -0.4 is 0 Å². The molecule has 2 aromatic rings. The van der Waals surface area contributed by atoms with Crippen molar-refractivity contribution in [2.24, 2.45) is 0 Å². The first kappa shape index (κ1) is 28.9. The molecule has 0 aliphatic rings. The largest absolute Gasteiger partial charge is 0.461 e. The molecule has 33 heavy (non-hydrogen) atoms. The number of benzene rings is 2. The molecule has 0 spiro atoms. The van der Waals surface area contributed by atoms with Crippen molar-refractivity contribution in [3.8, 4) is 0 Å². The van der Waals surface area contributed by atoms with Gasteiger partial charge in [-0.15, -0.1) is 11.8 Å². The summed E-state index contributed by atoms with van der Waals surface area (Å²) >= 11 is 4.53. The minimum Gasteiger partial charge on any atom is -0.461 e. The van der Waals surface area contributed by atoms with Crippen LogP contribution in [-0.4, -0.2) is 69.4 Å². The second-order valence-electron chi connectivity index (χ2n) is 8.02. The molecule has 2 rings (SSSR count). The Bertz CT molecular complexity index is 956. The summed E-state index contributed by atoms with van der Waals surface area (Å²) in [5.41, 5.74) is 1.70. The average Bonchev–Trinajstić information content (AvgIpc) is 2.77. The van der Waals surface area contributed by atoms with E-state index >= 15 is 0 Å². The molecule has 0 unspecified atom stereocenters. The van der Waals surface area contributed by atoms with Crippen molar-refractivity contribution in [2.75, 3.05) is 53.0 Å². The molecule has 8 heteroatoms. The van der Waals surface area contributed by atoms with Crippen molar-refractivity contribution in [1.29, 1.82) is 0 Å². The topological polar surface area (TPSA) is 52.6 Å². The van der Waals surface area contributed by atoms with Crippen LogP contribution in [0.25, 0.3) is 11.1 Å². The zero-order valence-corrected chi connectivity index (χ0v) is 22.4. The van der Waals surface area contributed by atoms with Crippen LogP contribution in [0.4, 0.5) is 4.39 Å². The highest BCUT2D eigenvalue weighted by Crippen LogP contribution is 2.30. The Morgan fingerprint density at radius 1 is 1.00 bits per heavy atom. The highest BCUT2D eigenvalue weighted by molar-refractivity contribution is 9.08. The van der Waals surface area contributed by atoms with E-state index in [0.29, 0.717) is 27.7 Å². The second-order valence-corrected chi connectivity index (χ2v) is 8.90. The first-order chi connectivity index (χ1) is 15.6. The van der Waals surface area contributed by atoms with E-state index in [1.165, 1.54) is 25.1 Å². The molecule has 0 heterocycles. The number of rotatable bonds is 9. The van der Waals surface area contributed by atoms with Crippen molar-refractivity contribution in [3.05, 3.63) is 65.5 Å². The van der Waals surface area contributed by atoms with E-state index in [0.717, 1.165) is 4.90 Å². The fraction of sp³-hybridized carbons (Fsp3) is 0.360. The Balaban J connectivity index is 0.00000265. The van der Waals surface area contributed by atoms with Crippen LogP contribution in [0.1, 0.15) is 18.1 Å². The first-order valence-corrected chi connectivity index (χ1v) is 13.0. The Hall–Kier alpha value is -2.16. The maximum absolute atomic E-state index is 14.0. The van der Waals surface area contributed by atoms with Gasteiger partial charge >= 0.3 is 11.9 Å². The van der Waals surface area contributed by atoms with Gasteiger partial charge in [0.05, 0.1) is 26.7 Å². The summed E-state index contributed by atoms with van der Waals surface area (Å²) in [5.74, 6) is 0.275. The Morgan fingerprint density at radius 3 is 2.15 bits per heavy atom. The van der Waals surface area contributed by atoms with Crippen LogP contribution in [0.15, 0.2) is 53.4 Å². The zero-order valence-electron chi connectivity index (χ0n) is 20.0.